The zero-order chi connectivity index (χ0) is 76.3. The number of benzene rings is 4. The maximum absolute atomic E-state index is 13.7. The summed E-state index contributed by atoms with van der Waals surface area (Å²) in [7, 11) is -1.00. The topological polar surface area (TPSA) is 378 Å². The molecule has 0 radical (unpaired) electrons. The van der Waals surface area contributed by atoms with Gasteiger partial charge in [0.2, 0.25) is 11.6 Å². The van der Waals surface area contributed by atoms with Crippen LogP contribution in [-0.4, -0.2) is 123 Å². The van der Waals surface area contributed by atoms with Crippen molar-refractivity contribution in [3.05, 3.63) is 227 Å². The smallest absolute Gasteiger partial charge is 0.367 e. The summed E-state index contributed by atoms with van der Waals surface area (Å²) in [6, 6.07) is 20.0. The monoisotopic (exact) mass is 1480 g/mol. The van der Waals surface area contributed by atoms with Crippen LogP contribution in [0.1, 0.15) is 181 Å². The zero-order valence-electron chi connectivity index (χ0n) is 57.7. The number of aromatic nitrogens is 8. The number of aliphatic hydroxyl groups is 1. The number of ketones is 1. The Balaban J connectivity index is 0.000000288. The van der Waals surface area contributed by atoms with Gasteiger partial charge < -0.3 is 61.4 Å². The largest absolute Gasteiger partial charge is 0.478 e. The molecule has 0 saturated carbocycles. The van der Waals surface area contributed by atoms with E-state index in [2.05, 4.69) is 56.5 Å². The Kier molecular flexibility index (Phi) is 29.2. The zero-order valence-corrected chi connectivity index (χ0v) is 56.7. The van der Waals surface area contributed by atoms with Gasteiger partial charge in [0.05, 0.1) is 54.0 Å². The lowest BCUT2D eigenvalue weighted by Crippen LogP contribution is -2.22. The Morgan fingerprint density at radius 3 is 1.28 bits per heavy atom. The highest BCUT2D eigenvalue weighted by Gasteiger charge is 2.30. The number of aromatic carboxylic acids is 2. The van der Waals surface area contributed by atoms with Gasteiger partial charge >= 0.3 is 17.9 Å². The molecule has 4 aliphatic heterocycles. The number of carbonyl (C=O) groups excluding carboxylic acids is 7. The molecule has 107 heavy (non-hydrogen) atoms. The number of aliphatic hydroxyl groups excluding tert-OH is 1. The van der Waals surface area contributed by atoms with Crippen molar-refractivity contribution in [2.24, 2.45) is 0 Å². The second-order valence-corrected chi connectivity index (χ2v) is 23.1. The summed E-state index contributed by atoms with van der Waals surface area (Å²) in [5.74, 6) is -5.33. The van der Waals surface area contributed by atoms with E-state index in [1.807, 2.05) is 13.8 Å². The summed E-state index contributed by atoms with van der Waals surface area (Å²) in [6.45, 7) is 17.1. The number of aryl methyl sites for hydroxylation is 4. The number of halogens is 5. The number of nitrogens with one attached hydrogen (secondary N) is 8. The number of aromatic amines is 4. The quantitative estimate of drug-likeness (QED) is 0.0210. The van der Waals surface area contributed by atoms with E-state index >= 15 is 0 Å². The number of carboxylic acids is 2. The van der Waals surface area contributed by atoms with Crippen LogP contribution in [0.3, 0.4) is 0 Å². The molecule has 30 heteroatoms. The van der Waals surface area contributed by atoms with Crippen molar-refractivity contribution in [3.63, 3.8) is 0 Å². The van der Waals surface area contributed by atoms with E-state index in [0.717, 1.165) is 27.4 Å². The van der Waals surface area contributed by atoms with Crippen LogP contribution in [0.25, 0.3) is 46.1 Å². The number of alkyl halides is 1. The molecule has 10 heterocycles. The fraction of sp³-hybridized carbons (Fsp3) is 0.221. The molecule has 14 rings (SSSR count). The van der Waals surface area contributed by atoms with Crippen LogP contribution in [0.15, 0.2) is 91.1 Å². The third kappa shape index (κ3) is 19.1. The Bertz CT molecular complexity index is 5070. The van der Waals surface area contributed by atoms with Gasteiger partial charge in [-0.05, 0) is 210 Å². The molecule has 11 N–H and O–H groups in total. The predicted octanol–water partition coefficient (Wildman–Crippen LogP) is 14.7. The number of Topliss-reactive ketones (excluding diaryl/α,β-unsaturated/α-hetero) is 1. The summed E-state index contributed by atoms with van der Waals surface area (Å²) in [4.78, 5) is 126. The minimum Gasteiger partial charge on any atom is -0.478 e. The predicted molar refractivity (Wildman–Crippen MR) is 401 cm³/mol. The van der Waals surface area contributed by atoms with Crippen LogP contribution in [0.4, 0.5) is 44.7 Å². The molecule has 0 atom stereocenters. The molecule has 0 unspecified atom stereocenters. The van der Waals surface area contributed by atoms with Gasteiger partial charge in [-0.15, -0.1) is 5.10 Å². The van der Waals surface area contributed by atoms with Crippen LogP contribution in [0.5, 0.6) is 0 Å². The number of fused-ring (bicyclic) bond motifs is 5. The average Bonchev–Trinajstić information content (AvgIpc) is 1.64. The van der Waals surface area contributed by atoms with Gasteiger partial charge in [0.15, 0.2) is 12.1 Å². The lowest BCUT2D eigenvalue weighted by atomic mass is 10.0. The molecule has 10 aromatic rings. The molecule has 4 amide bonds. The number of H-pyrrole nitrogens is 4. The fourth-order valence-electron chi connectivity index (χ4n) is 11.6. The van der Waals surface area contributed by atoms with Crippen LogP contribution in [0, 0.1) is 78.7 Å². The standard InChI is InChI=1S/C21H15FN6O3.C17H15FN2O2.C16H13FN2O3.C8H6FNO.C8H9NO3.C2H6O.CH3F.4CH4/c1-10-17(9-14-13-8-12(22)5-6-15(13)25-20(14)29)24-11(2)18(10)21(30)31-28-19-16(26-27-28)4-3-7-23-19;1-8-15(19-9(2)16(8)10(3)21)7-13-12-6-11(18)4-5-14(12)20-17(13)22;1-7-13(18-8(2)14(7)16(21)22)6-11-10-5-9(17)3-4-12(10)19-15(11)20;9-6-1-2-7-5(3-6)4-8(11)10-7;1-4-6(3-10)9-5(2)7(4)8(11)12;1-2-3;1-2;;;;/h3-9,24H,1-2H3,(H,25,29);4-7,19H,1-3H3,(H,20,22);3-6,18H,1-2H3,(H,19,20)(H,21,22);1-3H,4H2,(H,10,11);3,9H,1-2H3,(H,11,12);3H,2H2,1H3;1H3;4*1H4/b14-9-;13-7-;11-6-;;;;;;;;/i;;;;;;1D;;;;. The van der Waals surface area contributed by atoms with Gasteiger partial charge in [-0.3, -0.25) is 33.2 Å². The second-order valence-electron chi connectivity index (χ2n) is 23.1. The number of pyridine rings is 1. The molecule has 564 valence electrons. The normalized spacial score (nSPS) is 13.2. The van der Waals surface area contributed by atoms with Gasteiger partial charge in [0.1, 0.15) is 28.8 Å². The van der Waals surface area contributed by atoms with Crippen LogP contribution in [0.2, 0.25) is 0 Å². The van der Waals surface area contributed by atoms with Crippen molar-refractivity contribution >= 4 is 122 Å². The molecule has 0 spiro atoms. The minimum absolute atomic E-state index is 0. The number of carbonyl (C=O) groups is 9. The number of carboxylic acid groups (broad SMARTS) is 2. The van der Waals surface area contributed by atoms with Gasteiger partial charge in [0, 0.05) is 97.7 Å². The highest BCUT2D eigenvalue weighted by Crippen LogP contribution is 2.38. The lowest BCUT2D eigenvalue weighted by Gasteiger charge is -2.03. The summed E-state index contributed by atoms with van der Waals surface area (Å²) in [5, 5.41) is 43.9. The summed E-state index contributed by atoms with van der Waals surface area (Å²) < 4.78 is 68.6. The molecule has 4 aromatic carbocycles. The number of rotatable bonds is 9. The number of anilines is 4. The average molecular weight is 1480 g/mol. The maximum Gasteiger partial charge on any atom is 0.367 e. The Labute approximate surface area is 613 Å². The van der Waals surface area contributed by atoms with E-state index in [-0.39, 0.29) is 82.7 Å². The maximum atomic E-state index is 13.7. The molecular weight excluding hydrogens is 1400 g/mol. The van der Waals surface area contributed by atoms with Crippen molar-refractivity contribution in [1.82, 2.24) is 40.1 Å². The van der Waals surface area contributed by atoms with E-state index in [1.165, 1.54) is 73.7 Å². The van der Waals surface area contributed by atoms with Gasteiger partial charge in [0.25, 0.3) is 17.7 Å². The highest BCUT2D eigenvalue weighted by molar-refractivity contribution is 6.36. The van der Waals surface area contributed by atoms with Crippen molar-refractivity contribution in [2.45, 2.75) is 105 Å². The van der Waals surface area contributed by atoms with Crippen LogP contribution >= 0.6 is 0 Å². The lowest BCUT2D eigenvalue weighted by molar-refractivity contribution is -0.115. The molecule has 0 aliphatic carbocycles. The van der Waals surface area contributed by atoms with Crippen LogP contribution in [-0.2, 0) is 25.6 Å². The minimum atomic E-state index is -1.03. The van der Waals surface area contributed by atoms with E-state index in [0.29, 0.717) is 142 Å². The van der Waals surface area contributed by atoms with Gasteiger partial charge in [-0.2, -0.15) is 0 Å². The Morgan fingerprint density at radius 2 is 0.907 bits per heavy atom. The molecule has 0 saturated heterocycles. The van der Waals surface area contributed by atoms with E-state index in [4.69, 9.17) is 16.4 Å². The number of nitrogens with zero attached hydrogens (tertiary/aromatic N) is 4. The third-order valence-corrected chi connectivity index (χ3v) is 16.2. The molecule has 0 fully saturated rings. The third-order valence-electron chi connectivity index (χ3n) is 16.2. The Morgan fingerprint density at radius 1 is 0.551 bits per heavy atom. The summed E-state index contributed by atoms with van der Waals surface area (Å²) >= 11 is 0. The van der Waals surface area contributed by atoms with E-state index < -0.39 is 42.5 Å². The SMILES string of the molecule is C.C.C.C.CC(=O)c1c(C)[nH]c(/C=C2\C(=O)Nc3ccc(F)cc32)c1C.CCO.Cc1[nH]c(/C=C2\C(=O)Nc3ccc(F)cc32)c(C)c1C(=O)O.Cc1[nH]c(/C=C2\C(=O)Nc3ccc(F)cc32)c(C)c1C(=O)On1nnc2cccnc21.Cc1[nH]c(C=O)c(C)c1C(=O)O.O=C1Cc2cc(F)ccc2N1.[2H]CF. The van der Waals surface area contributed by atoms with Crippen molar-refractivity contribution in [2.75, 3.05) is 35.0 Å². The van der Waals surface area contributed by atoms with Crippen molar-refractivity contribution in [1.29, 1.82) is 0 Å². The molecule has 25 nitrogen and oxygen atoms in total. The number of hydrogen-bond donors (Lipinski definition) is 11. The number of amides is 4. The second kappa shape index (κ2) is 36.9. The van der Waals surface area contributed by atoms with Gasteiger partial charge in [-0.1, -0.05) is 29.7 Å². The van der Waals surface area contributed by atoms with E-state index in [1.54, 1.807) is 91.1 Å². The first-order valence-electron chi connectivity index (χ1n) is 31.7. The number of aldehydes is 1. The summed E-state index contributed by atoms with van der Waals surface area (Å²) in [6.07, 6.45) is 7.26. The highest BCUT2D eigenvalue weighted by atomic mass is 19.1. The summed E-state index contributed by atoms with van der Waals surface area (Å²) in [5.41, 5.74) is 14.5. The first kappa shape index (κ1) is 84.7. The van der Waals surface area contributed by atoms with Crippen molar-refractivity contribution < 1.29 is 86.6 Å². The van der Waals surface area contributed by atoms with E-state index in [9.17, 15) is 70.2 Å². The first-order chi connectivity index (χ1) is 49.3. The van der Waals surface area contributed by atoms with Gasteiger partial charge in [-0.25, -0.2) is 36.9 Å². The van der Waals surface area contributed by atoms with Crippen LogP contribution < -0.4 is 26.1 Å². The fourth-order valence-corrected chi connectivity index (χ4v) is 11.6. The molecular formula is C77H83F5N12O13. The van der Waals surface area contributed by atoms with Crippen molar-refractivity contribution in [3.8, 4) is 0 Å². The first-order valence-corrected chi connectivity index (χ1v) is 31.0. The Hall–Kier alpha value is -13.0. The molecule has 0 bridgehead atoms. The molecule has 6 aromatic heterocycles. The number of hydrogen-bond acceptors (Lipinski definition) is 14. The molecule has 4 aliphatic rings.